The molecule has 1 aliphatic rings. The van der Waals surface area contributed by atoms with E-state index in [1.165, 1.54) is 43.4 Å². The summed E-state index contributed by atoms with van der Waals surface area (Å²) in [7, 11) is 0. The minimum absolute atomic E-state index is 0.371. The molecule has 0 fully saturated rings. The van der Waals surface area contributed by atoms with Gasteiger partial charge in [0.05, 0.1) is 0 Å². The van der Waals surface area contributed by atoms with Crippen LogP contribution in [0.15, 0.2) is 18.3 Å². The fourth-order valence-electron chi connectivity index (χ4n) is 3.62. The minimum atomic E-state index is 0.371. The molecule has 0 aliphatic heterocycles. The highest BCUT2D eigenvalue weighted by atomic mass is 15.2. The maximum absolute atomic E-state index is 5.89. The first kappa shape index (κ1) is 14.5. The molecule has 3 heteroatoms. The molecule has 0 bridgehead atoms. The summed E-state index contributed by atoms with van der Waals surface area (Å²) in [6.45, 7) is 4.52. The highest BCUT2D eigenvalue weighted by Gasteiger charge is 2.34. The monoisotopic (exact) mass is 261 g/mol. The quantitative estimate of drug-likeness (QED) is 0.585. The molecule has 0 amide bonds. The Labute approximate surface area is 117 Å². The van der Waals surface area contributed by atoms with Crippen molar-refractivity contribution in [2.75, 3.05) is 0 Å². The van der Waals surface area contributed by atoms with Gasteiger partial charge in [0.2, 0.25) is 0 Å². The fourth-order valence-corrected chi connectivity index (χ4v) is 3.62. The lowest BCUT2D eigenvalue weighted by atomic mass is 9.82. The van der Waals surface area contributed by atoms with Crippen LogP contribution in [0.3, 0.4) is 0 Å². The van der Waals surface area contributed by atoms with Gasteiger partial charge in [0.1, 0.15) is 0 Å². The maximum atomic E-state index is 5.89. The molecule has 0 aromatic carbocycles. The molecule has 1 aromatic rings. The van der Waals surface area contributed by atoms with Crippen molar-refractivity contribution in [1.29, 1.82) is 0 Å². The zero-order chi connectivity index (χ0) is 13.7. The van der Waals surface area contributed by atoms with Gasteiger partial charge in [0.25, 0.3) is 0 Å². The lowest BCUT2D eigenvalue weighted by Gasteiger charge is -2.31. The number of aryl methyl sites for hydroxylation is 1. The van der Waals surface area contributed by atoms with Gasteiger partial charge in [-0.2, -0.15) is 0 Å². The molecular weight excluding hydrogens is 234 g/mol. The Morgan fingerprint density at radius 1 is 1.37 bits per heavy atom. The summed E-state index contributed by atoms with van der Waals surface area (Å²) in [5.74, 6) is 7.05. The van der Waals surface area contributed by atoms with Crippen LogP contribution in [0.4, 0.5) is 0 Å². The molecule has 2 unspecified atom stereocenters. The van der Waals surface area contributed by atoms with Gasteiger partial charge in [-0.05, 0) is 43.2 Å². The van der Waals surface area contributed by atoms with Crippen molar-refractivity contribution in [3.05, 3.63) is 29.6 Å². The third-order valence-corrected chi connectivity index (χ3v) is 4.45. The van der Waals surface area contributed by atoms with E-state index in [1.54, 1.807) is 0 Å². The van der Waals surface area contributed by atoms with Gasteiger partial charge < -0.3 is 0 Å². The Bertz CT molecular complexity index is 385. The topological polar surface area (TPSA) is 50.9 Å². The van der Waals surface area contributed by atoms with Crippen molar-refractivity contribution < 1.29 is 0 Å². The third kappa shape index (κ3) is 3.15. The SMILES string of the molecule is CCCC(CCC)C(NN)C1CCc2cccnc21. The average molecular weight is 261 g/mol. The Kier molecular flexibility index (Phi) is 5.34. The number of hydrogen-bond donors (Lipinski definition) is 2. The molecule has 0 saturated heterocycles. The highest BCUT2D eigenvalue weighted by Crippen LogP contribution is 2.38. The Morgan fingerprint density at radius 2 is 2.11 bits per heavy atom. The van der Waals surface area contributed by atoms with Crippen molar-refractivity contribution >= 4 is 0 Å². The molecule has 0 spiro atoms. The third-order valence-electron chi connectivity index (χ3n) is 4.45. The summed E-state index contributed by atoms with van der Waals surface area (Å²) in [5.41, 5.74) is 5.81. The Hall–Kier alpha value is -0.930. The van der Waals surface area contributed by atoms with Crippen LogP contribution >= 0.6 is 0 Å². The fraction of sp³-hybridized carbons (Fsp3) is 0.688. The molecule has 3 nitrogen and oxygen atoms in total. The van der Waals surface area contributed by atoms with Crippen LogP contribution in [0, 0.1) is 5.92 Å². The number of hydrazine groups is 1. The number of nitrogens with one attached hydrogen (secondary N) is 1. The Balaban J connectivity index is 2.17. The molecule has 2 atom stereocenters. The van der Waals surface area contributed by atoms with E-state index in [-0.39, 0.29) is 0 Å². The highest BCUT2D eigenvalue weighted by molar-refractivity contribution is 5.30. The van der Waals surface area contributed by atoms with Crippen molar-refractivity contribution in [2.45, 2.75) is 64.3 Å². The zero-order valence-corrected chi connectivity index (χ0v) is 12.2. The number of pyridine rings is 1. The van der Waals surface area contributed by atoms with E-state index < -0.39 is 0 Å². The maximum Gasteiger partial charge on any atom is 0.0482 e. The lowest BCUT2D eigenvalue weighted by Crippen LogP contribution is -2.44. The van der Waals surface area contributed by atoms with Crippen molar-refractivity contribution in [1.82, 2.24) is 10.4 Å². The van der Waals surface area contributed by atoms with Gasteiger partial charge >= 0.3 is 0 Å². The molecule has 0 radical (unpaired) electrons. The second-order valence-corrected chi connectivity index (χ2v) is 5.72. The van der Waals surface area contributed by atoms with Gasteiger partial charge in [-0.3, -0.25) is 16.3 Å². The molecular formula is C16H27N3. The van der Waals surface area contributed by atoms with Crippen molar-refractivity contribution in [3.8, 4) is 0 Å². The summed E-state index contributed by atoms with van der Waals surface area (Å²) >= 11 is 0. The van der Waals surface area contributed by atoms with Crippen LogP contribution < -0.4 is 11.3 Å². The molecule has 19 heavy (non-hydrogen) atoms. The molecule has 2 rings (SSSR count). The number of aromatic nitrogens is 1. The van der Waals surface area contributed by atoms with Crippen LogP contribution in [0.1, 0.15) is 63.1 Å². The van der Waals surface area contributed by atoms with Crippen LogP contribution in [0.2, 0.25) is 0 Å². The van der Waals surface area contributed by atoms with E-state index in [9.17, 15) is 0 Å². The first-order valence-corrected chi connectivity index (χ1v) is 7.71. The summed E-state index contributed by atoms with van der Waals surface area (Å²) < 4.78 is 0. The molecule has 1 heterocycles. The van der Waals surface area contributed by atoms with Crippen molar-refractivity contribution in [3.63, 3.8) is 0 Å². The molecule has 1 aliphatic carbocycles. The number of nitrogens with two attached hydrogens (primary N) is 1. The van der Waals surface area contributed by atoms with Crippen LogP contribution in [0.5, 0.6) is 0 Å². The first-order valence-electron chi connectivity index (χ1n) is 7.71. The predicted octanol–water partition coefficient (Wildman–Crippen LogP) is 3.16. The summed E-state index contributed by atoms with van der Waals surface area (Å²) in [4.78, 5) is 4.62. The van der Waals surface area contributed by atoms with Crippen LogP contribution in [0.25, 0.3) is 0 Å². The van der Waals surface area contributed by atoms with E-state index in [0.717, 1.165) is 6.42 Å². The summed E-state index contributed by atoms with van der Waals surface area (Å²) in [5, 5.41) is 0. The number of rotatable bonds is 7. The zero-order valence-electron chi connectivity index (χ0n) is 12.2. The van der Waals surface area contributed by atoms with E-state index in [0.29, 0.717) is 17.9 Å². The van der Waals surface area contributed by atoms with E-state index in [1.807, 2.05) is 12.3 Å². The average Bonchev–Trinajstić information content (AvgIpc) is 2.84. The largest absolute Gasteiger partial charge is 0.271 e. The summed E-state index contributed by atoms with van der Waals surface area (Å²) in [6.07, 6.45) is 9.21. The molecule has 106 valence electrons. The standard InChI is InChI=1S/C16H27N3/c1-3-6-12(7-4-2)16(19-17)14-10-9-13-8-5-11-18-15(13)14/h5,8,11-12,14,16,19H,3-4,6-7,9-10,17H2,1-2H3. The number of hydrogen-bond acceptors (Lipinski definition) is 3. The Morgan fingerprint density at radius 3 is 2.74 bits per heavy atom. The minimum Gasteiger partial charge on any atom is -0.271 e. The first-order chi connectivity index (χ1) is 9.31. The predicted molar refractivity (Wildman–Crippen MR) is 79.7 cm³/mol. The van der Waals surface area contributed by atoms with Gasteiger partial charge in [-0.1, -0.05) is 32.8 Å². The van der Waals surface area contributed by atoms with Crippen LogP contribution in [-0.4, -0.2) is 11.0 Å². The normalized spacial score (nSPS) is 19.7. The van der Waals surface area contributed by atoms with E-state index in [2.05, 4.69) is 30.3 Å². The molecule has 1 aromatic heterocycles. The second-order valence-electron chi connectivity index (χ2n) is 5.72. The van der Waals surface area contributed by atoms with Gasteiger partial charge in [0.15, 0.2) is 0 Å². The number of fused-ring (bicyclic) bond motifs is 1. The lowest BCUT2D eigenvalue weighted by molar-refractivity contribution is 0.271. The van der Waals surface area contributed by atoms with Gasteiger partial charge in [0, 0.05) is 23.9 Å². The molecule has 3 N–H and O–H groups in total. The molecule has 0 saturated carbocycles. The van der Waals surface area contributed by atoms with Gasteiger partial charge in [-0.15, -0.1) is 0 Å². The van der Waals surface area contributed by atoms with Crippen LogP contribution in [-0.2, 0) is 6.42 Å². The smallest absolute Gasteiger partial charge is 0.0482 e. The van der Waals surface area contributed by atoms with Gasteiger partial charge in [-0.25, -0.2) is 0 Å². The summed E-state index contributed by atoms with van der Waals surface area (Å²) in [6, 6.07) is 4.63. The van der Waals surface area contributed by atoms with E-state index in [4.69, 9.17) is 5.84 Å². The van der Waals surface area contributed by atoms with E-state index >= 15 is 0 Å². The van der Waals surface area contributed by atoms with Crippen molar-refractivity contribution in [2.24, 2.45) is 11.8 Å². The second kappa shape index (κ2) is 7.01. The number of nitrogens with zero attached hydrogens (tertiary/aromatic N) is 1.